The van der Waals surface area contributed by atoms with Gasteiger partial charge in [0.15, 0.2) is 0 Å². The fourth-order valence-corrected chi connectivity index (χ4v) is 1.45. The number of aromatic nitrogens is 1. The quantitative estimate of drug-likeness (QED) is 0.762. The summed E-state index contributed by atoms with van der Waals surface area (Å²) in [5, 5.41) is 9.29. The van der Waals surface area contributed by atoms with Crippen LogP contribution in [0.1, 0.15) is 17.3 Å². The van der Waals surface area contributed by atoms with Gasteiger partial charge in [0.25, 0.3) is 0 Å². The maximum absolute atomic E-state index is 11.5. The summed E-state index contributed by atoms with van der Waals surface area (Å²) in [5.74, 6) is 0.0794. The minimum absolute atomic E-state index is 0.396. The van der Waals surface area contributed by atoms with Crippen LogP contribution in [0.15, 0.2) is 18.3 Å². The van der Waals surface area contributed by atoms with Gasteiger partial charge in [0.2, 0.25) is 0 Å². The van der Waals surface area contributed by atoms with Crippen molar-refractivity contribution in [2.24, 2.45) is 0 Å². The Kier molecular flexibility index (Phi) is 4.25. The van der Waals surface area contributed by atoms with E-state index >= 15 is 0 Å². The number of rotatable bonds is 4. The highest BCUT2D eigenvalue weighted by atomic mass is 16.5. The van der Waals surface area contributed by atoms with E-state index in [0.29, 0.717) is 17.9 Å². The minimum Gasteiger partial charge on any atom is -0.465 e. The number of carbonyl (C=O) groups is 1. The first-order chi connectivity index (χ1) is 7.56. The van der Waals surface area contributed by atoms with E-state index in [1.54, 1.807) is 37.2 Å². The summed E-state index contributed by atoms with van der Waals surface area (Å²) in [6.45, 7) is 2.08. The molecule has 0 saturated heterocycles. The molecule has 0 amide bonds. The molecular formula is C11H16N2O3. The highest BCUT2D eigenvalue weighted by molar-refractivity contribution is 5.94. The zero-order valence-electron chi connectivity index (χ0n) is 9.67. The smallest absolute Gasteiger partial charge is 0.341 e. The Hall–Kier alpha value is -1.62. The predicted octanol–water partition coefficient (Wildman–Crippen LogP) is 0.685. The van der Waals surface area contributed by atoms with E-state index in [9.17, 15) is 9.90 Å². The molecule has 1 N–H and O–H groups in total. The number of nitrogens with zero attached hydrogens (tertiary/aromatic N) is 2. The van der Waals surface area contributed by atoms with Gasteiger partial charge in [0, 0.05) is 19.8 Å². The normalized spacial score (nSPS) is 12.0. The van der Waals surface area contributed by atoms with Gasteiger partial charge in [-0.25, -0.2) is 9.78 Å². The molecule has 1 aromatic rings. The van der Waals surface area contributed by atoms with Crippen molar-refractivity contribution in [1.82, 2.24) is 4.98 Å². The lowest BCUT2D eigenvalue weighted by atomic mass is 10.2. The van der Waals surface area contributed by atoms with Crippen molar-refractivity contribution in [3.05, 3.63) is 23.9 Å². The largest absolute Gasteiger partial charge is 0.465 e. The molecule has 1 unspecified atom stereocenters. The van der Waals surface area contributed by atoms with Gasteiger partial charge < -0.3 is 14.7 Å². The molecule has 1 heterocycles. The maximum Gasteiger partial charge on any atom is 0.341 e. The lowest BCUT2D eigenvalue weighted by molar-refractivity contribution is 0.0600. The third-order valence-corrected chi connectivity index (χ3v) is 2.09. The fraction of sp³-hybridized carbons (Fsp3) is 0.455. The van der Waals surface area contributed by atoms with Crippen LogP contribution in [-0.2, 0) is 4.74 Å². The number of hydrogen-bond donors (Lipinski definition) is 1. The number of likely N-dealkylation sites (N-methyl/N-ethyl adjacent to an activating group) is 1. The molecule has 0 fully saturated rings. The SMILES string of the molecule is COC(=O)c1cccnc1N(C)CC(C)O. The number of methoxy groups -OCH3 is 1. The third kappa shape index (κ3) is 2.93. The molecule has 88 valence electrons. The van der Waals surface area contributed by atoms with Crippen molar-refractivity contribution in [3.8, 4) is 0 Å². The molecular weight excluding hydrogens is 208 g/mol. The Balaban J connectivity index is 2.98. The van der Waals surface area contributed by atoms with Crippen LogP contribution in [0.3, 0.4) is 0 Å². The number of ether oxygens (including phenoxy) is 1. The molecule has 5 heteroatoms. The summed E-state index contributed by atoms with van der Waals surface area (Å²) in [7, 11) is 3.09. The Morgan fingerprint density at radius 1 is 1.69 bits per heavy atom. The molecule has 1 aromatic heterocycles. The zero-order chi connectivity index (χ0) is 12.1. The molecule has 16 heavy (non-hydrogen) atoms. The first-order valence-corrected chi connectivity index (χ1v) is 4.98. The number of carbonyl (C=O) groups excluding carboxylic acids is 1. The van der Waals surface area contributed by atoms with Crippen LogP contribution in [0.5, 0.6) is 0 Å². The van der Waals surface area contributed by atoms with E-state index in [1.165, 1.54) is 7.11 Å². The van der Waals surface area contributed by atoms with Gasteiger partial charge in [-0.2, -0.15) is 0 Å². The number of esters is 1. The van der Waals surface area contributed by atoms with Crippen LogP contribution in [0.2, 0.25) is 0 Å². The molecule has 1 rings (SSSR count). The van der Waals surface area contributed by atoms with E-state index in [1.807, 2.05) is 0 Å². The Labute approximate surface area is 94.7 Å². The molecule has 0 aliphatic rings. The van der Waals surface area contributed by atoms with Crippen LogP contribution in [0, 0.1) is 0 Å². The standard InChI is InChI=1S/C11H16N2O3/c1-8(14)7-13(2)10-9(11(15)16-3)5-4-6-12-10/h4-6,8,14H,7H2,1-3H3. The predicted molar refractivity (Wildman–Crippen MR) is 60.5 cm³/mol. The fourth-order valence-electron chi connectivity index (χ4n) is 1.45. The van der Waals surface area contributed by atoms with E-state index in [-0.39, 0.29) is 0 Å². The van der Waals surface area contributed by atoms with E-state index in [0.717, 1.165) is 0 Å². The van der Waals surface area contributed by atoms with Crippen LogP contribution < -0.4 is 4.90 Å². The second kappa shape index (κ2) is 5.46. The molecule has 0 aliphatic carbocycles. The molecule has 1 atom stereocenters. The van der Waals surface area contributed by atoms with Crippen LogP contribution >= 0.6 is 0 Å². The highest BCUT2D eigenvalue weighted by Gasteiger charge is 2.16. The summed E-state index contributed by atoms with van der Waals surface area (Å²) in [6.07, 6.45) is 1.11. The topological polar surface area (TPSA) is 62.7 Å². The lowest BCUT2D eigenvalue weighted by Crippen LogP contribution is -2.29. The maximum atomic E-state index is 11.5. The summed E-state index contributed by atoms with van der Waals surface area (Å²) in [5.41, 5.74) is 0.396. The van der Waals surface area contributed by atoms with Gasteiger partial charge in [-0.3, -0.25) is 0 Å². The van der Waals surface area contributed by atoms with Gasteiger partial charge in [0.1, 0.15) is 11.4 Å². The van der Waals surface area contributed by atoms with Crippen molar-refractivity contribution >= 4 is 11.8 Å². The first-order valence-electron chi connectivity index (χ1n) is 4.98. The Morgan fingerprint density at radius 3 is 2.94 bits per heavy atom. The van der Waals surface area contributed by atoms with Crippen molar-refractivity contribution in [1.29, 1.82) is 0 Å². The molecule has 0 aromatic carbocycles. The third-order valence-electron chi connectivity index (χ3n) is 2.09. The molecule has 0 spiro atoms. The first kappa shape index (κ1) is 12.4. The second-order valence-corrected chi connectivity index (χ2v) is 3.60. The van der Waals surface area contributed by atoms with Crippen molar-refractivity contribution in [2.75, 3.05) is 25.6 Å². The van der Waals surface area contributed by atoms with Crippen LogP contribution in [0.4, 0.5) is 5.82 Å². The molecule has 0 aliphatic heterocycles. The number of hydrogen-bond acceptors (Lipinski definition) is 5. The molecule has 0 radical (unpaired) electrons. The summed E-state index contributed by atoms with van der Waals surface area (Å²) < 4.78 is 4.66. The summed E-state index contributed by atoms with van der Waals surface area (Å²) in [4.78, 5) is 17.3. The summed E-state index contributed by atoms with van der Waals surface area (Å²) >= 11 is 0. The highest BCUT2D eigenvalue weighted by Crippen LogP contribution is 2.16. The van der Waals surface area contributed by atoms with E-state index < -0.39 is 12.1 Å². The van der Waals surface area contributed by atoms with Crippen molar-refractivity contribution in [2.45, 2.75) is 13.0 Å². The van der Waals surface area contributed by atoms with E-state index in [2.05, 4.69) is 9.72 Å². The van der Waals surface area contributed by atoms with Gasteiger partial charge in [0.05, 0.1) is 13.2 Å². The zero-order valence-corrected chi connectivity index (χ0v) is 9.67. The monoisotopic (exact) mass is 224 g/mol. The van der Waals surface area contributed by atoms with Gasteiger partial charge >= 0.3 is 5.97 Å². The number of anilines is 1. The average Bonchev–Trinajstić information content (AvgIpc) is 2.27. The van der Waals surface area contributed by atoms with Crippen molar-refractivity contribution in [3.63, 3.8) is 0 Å². The second-order valence-electron chi connectivity index (χ2n) is 3.60. The number of aliphatic hydroxyl groups is 1. The Bertz CT molecular complexity index is 366. The average molecular weight is 224 g/mol. The number of pyridine rings is 1. The van der Waals surface area contributed by atoms with Crippen LogP contribution in [0.25, 0.3) is 0 Å². The molecule has 0 bridgehead atoms. The minimum atomic E-state index is -0.488. The lowest BCUT2D eigenvalue weighted by Gasteiger charge is -2.21. The van der Waals surface area contributed by atoms with Gasteiger partial charge in [-0.1, -0.05) is 0 Å². The van der Waals surface area contributed by atoms with Gasteiger partial charge in [-0.05, 0) is 19.1 Å². The van der Waals surface area contributed by atoms with Crippen molar-refractivity contribution < 1.29 is 14.6 Å². The Morgan fingerprint density at radius 2 is 2.38 bits per heavy atom. The van der Waals surface area contributed by atoms with Gasteiger partial charge in [-0.15, -0.1) is 0 Å². The van der Waals surface area contributed by atoms with Crippen LogP contribution in [-0.4, -0.2) is 42.9 Å². The molecule has 0 saturated carbocycles. The molecule has 5 nitrogen and oxygen atoms in total. The number of aliphatic hydroxyl groups excluding tert-OH is 1. The summed E-state index contributed by atoms with van der Waals surface area (Å²) in [6, 6.07) is 3.32. The van der Waals surface area contributed by atoms with E-state index in [4.69, 9.17) is 0 Å².